The predicted molar refractivity (Wildman–Crippen MR) is 117 cm³/mol. The van der Waals surface area contributed by atoms with Crippen LogP contribution in [0.2, 0.25) is 5.02 Å². The zero-order valence-corrected chi connectivity index (χ0v) is 17.6. The van der Waals surface area contributed by atoms with Gasteiger partial charge in [0.15, 0.2) is 0 Å². The number of pyridine rings is 1. The number of nitrogens with zero attached hydrogens (tertiary/aromatic N) is 1. The van der Waals surface area contributed by atoms with Gasteiger partial charge in [0.05, 0.1) is 10.9 Å². The summed E-state index contributed by atoms with van der Waals surface area (Å²) >= 11 is 6.64. The highest BCUT2D eigenvalue weighted by Crippen LogP contribution is 2.37. The van der Waals surface area contributed by atoms with Crippen molar-refractivity contribution in [3.63, 3.8) is 0 Å². The summed E-state index contributed by atoms with van der Waals surface area (Å²) in [6.45, 7) is 0. The highest BCUT2D eigenvalue weighted by Gasteiger charge is 2.30. The van der Waals surface area contributed by atoms with Gasteiger partial charge >= 0.3 is 0 Å². The van der Waals surface area contributed by atoms with Crippen LogP contribution in [0.5, 0.6) is 0 Å². The van der Waals surface area contributed by atoms with Crippen molar-refractivity contribution in [2.75, 3.05) is 0 Å². The molecule has 5 nitrogen and oxygen atoms in total. The number of amides is 2. The quantitative estimate of drug-likeness (QED) is 0.575. The van der Waals surface area contributed by atoms with E-state index >= 15 is 0 Å². The smallest absolute Gasteiger partial charge is 0.258 e. The van der Waals surface area contributed by atoms with E-state index in [2.05, 4.69) is 5.32 Å². The van der Waals surface area contributed by atoms with E-state index in [-0.39, 0.29) is 23.8 Å². The second-order valence-corrected chi connectivity index (χ2v) is 7.94. The summed E-state index contributed by atoms with van der Waals surface area (Å²) in [5.41, 5.74) is 2.22. The lowest BCUT2D eigenvalue weighted by Crippen LogP contribution is -2.39. The molecule has 0 radical (unpaired) electrons. The molecule has 164 valence electrons. The highest BCUT2D eigenvalue weighted by atomic mass is 35.5. The summed E-state index contributed by atoms with van der Waals surface area (Å²) in [5, 5.41) is 2.77. The molecule has 0 aliphatic carbocycles. The Hall–Kier alpha value is -3.32. The average Bonchev–Trinajstić information content (AvgIpc) is 2.76. The van der Waals surface area contributed by atoms with E-state index in [1.807, 2.05) is 6.07 Å². The molecule has 1 aliphatic heterocycles. The zero-order valence-electron chi connectivity index (χ0n) is 16.9. The van der Waals surface area contributed by atoms with Gasteiger partial charge in [0.2, 0.25) is 18.2 Å². The minimum absolute atomic E-state index is 0.0477. The van der Waals surface area contributed by atoms with Gasteiger partial charge in [-0.25, -0.2) is 8.78 Å². The molecule has 2 heterocycles. The van der Waals surface area contributed by atoms with Crippen LogP contribution in [0.3, 0.4) is 0 Å². The SMILES string of the molecule is O=C1CCC(c2cccc(-c3ccc(-n4cccc(CC(F)F)c4=O)cc3)c2Cl)C(=O)N1. The fraction of sp³-hybridized carbons (Fsp3) is 0.208. The second kappa shape index (κ2) is 9.04. The topological polar surface area (TPSA) is 68.2 Å². The third-order valence-electron chi connectivity index (χ3n) is 5.50. The minimum Gasteiger partial charge on any atom is -0.296 e. The van der Waals surface area contributed by atoms with Crippen molar-refractivity contribution in [3.8, 4) is 16.8 Å². The van der Waals surface area contributed by atoms with Crippen LogP contribution < -0.4 is 10.9 Å². The largest absolute Gasteiger partial charge is 0.296 e. The Morgan fingerprint density at radius 3 is 2.47 bits per heavy atom. The molecule has 0 bridgehead atoms. The summed E-state index contributed by atoms with van der Waals surface area (Å²) in [7, 11) is 0. The summed E-state index contributed by atoms with van der Waals surface area (Å²) in [6, 6.07) is 15.3. The molecule has 1 aliphatic rings. The lowest BCUT2D eigenvalue weighted by Gasteiger charge is -2.23. The van der Waals surface area contributed by atoms with Gasteiger partial charge in [0, 0.05) is 35.9 Å². The van der Waals surface area contributed by atoms with E-state index in [1.54, 1.807) is 42.5 Å². The van der Waals surface area contributed by atoms with Crippen LogP contribution in [0, 0.1) is 0 Å². The van der Waals surface area contributed by atoms with Crippen LogP contribution in [0.25, 0.3) is 16.8 Å². The number of hydrogen-bond acceptors (Lipinski definition) is 3. The second-order valence-electron chi connectivity index (χ2n) is 7.56. The molecule has 0 spiro atoms. The number of carbonyl (C=O) groups is 2. The van der Waals surface area contributed by atoms with E-state index < -0.39 is 24.3 Å². The standard InChI is InChI=1S/C24H19ClF2N2O3/c25-22-17(4-1-5-18(22)19-10-11-21(30)28-23(19)31)14-6-8-16(9-7-14)29-12-2-3-15(24(29)32)13-20(26)27/h1-9,12,19-20H,10-11,13H2,(H,28,30,31). The molecular formula is C24H19ClF2N2O3. The Balaban J connectivity index is 1.65. The van der Waals surface area contributed by atoms with Crippen molar-refractivity contribution in [3.05, 3.63) is 87.3 Å². The van der Waals surface area contributed by atoms with Gasteiger partial charge in [-0.1, -0.05) is 48.0 Å². The molecule has 1 atom stereocenters. The van der Waals surface area contributed by atoms with Crippen molar-refractivity contribution in [2.45, 2.75) is 31.6 Å². The number of imide groups is 1. The van der Waals surface area contributed by atoms with Crippen LogP contribution in [0.15, 0.2) is 65.6 Å². The zero-order chi connectivity index (χ0) is 22.8. The molecule has 3 aromatic rings. The van der Waals surface area contributed by atoms with Crippen LogP contribution in [0.4, 0.5) is 8.78 Å². The fourth-order valence-electron chi connectivity index (χ4n) is 3.90. The van der Waals surface area contributed by atoms with Gasteiger partial charge in [0.25, 0.3) is 5.56 Å². The number of piperidine rings is 1. The number of nitrogens with one attached hydrogen (secondary N) is 1. The number of benzene rings is 2. The van der Waals surface area contributed by atoms with E-state index in [9.17, 15) is 23.2 Å². The van der Waals surface area contributed by atoms with E-state index in [0.717, 1.165) is 5.56 Å². The van der Waals surface area contributed by atoms with E-state index in [0.29, 0.717) is 28.3 Å². The van der Waals surface area contributed by atoms with Crippen molar-refractivity contribution < 1.29 is 18.4 Å². The molecule has 1 unspecified atom stereocenters. The molecule has 8 heteroatoms. The third kappa shape index (κ3) is 4.34. The Labute approximate surface area is 187 Å². The highest BCUT2D eigenvalue weighted by molar-refractivity contribution is 6.34. The van der Waals surface area contributed by atoms with Gasteiger partial charge in [-0.15, -0.1) is 0 Å². The third-order valence-corrected chi connectivity index (χ3v) is 5.92. The van der Waals surface area contributed by atoms with E-state index in [4.69, 9.17) is 11.6 Å². The van der Waals surface area contributed by atoms with Gasteiger partial charge in [-0.2, -0.15) is 0 Å². The fourth-order valence-corrected chi connectivity index (χ4v) is 4.26. The maximum Gasteiger partial charge on any atom is 0.258 e. The van der Waals surface area contributed by atoms with Crippen LogP contribution in [-0.2, 0) is 16.0 Å². The number of hydrogen-bond donors (Lipinski definition) is 1. The number of rotatable bonds is 5. The first-order chi connectivity index (χ1) is 15.3. The molecule has 1 aromatic heterocycles. The minimum atomic E-state index is -2.60. The maximum absolute atomic E-state index is 12.7. The van der Waals surface area contributed by atoms with Crippen LogP contribution in [-0.4, -0.2) is 22.8 Å². The first-order valence-electron chi connectivity index (χ1n) is 10.1. The van der Waals surface area contributed by atoms with Crippen LogP contribution >= 0.6 is 11.6 Å². The number of aromatic nitrogens is 1. The van der Waals surface area contributed by atoms with Gasteiger partial charge in [-0.3, -0.25) is 24.3 Å². The Bertz CT molecular complexity index is 1240. The number of alkyl halides is 2. The summed E-state index contributed by atoms with van der Waals surface area (Å²) in [5.74, 6) is -1.16. The van der Waals surface area contributed by atoms with Crippen molar-refractivity contribution >= 4 is 23.4 Å². The van der Waals surface area contributed by atoms with Crippen LogP contribution in [0.1, 0.15) is 29.9 Å². The molecular weight excluding hydrogens is 438 g/mol. The van der Waals surface area contributed by atoms with E-state index in [1.165, 1.54) is 16.8 Å². The van der Waals surface area contributed by atoms with Crippen molar-refractivity contribution in [1.82, 2.24) is 9.88 Å². The van der Waals surface area contributed by atoms with Crippen molar-refractivity contribution in [1.29, 1.82) is 0 Å². The first kappa shape index (κ1) is 21.9. The predicted octanol–water partition coefficient (Wildman–Crippen LogP) is 4.49. The molecule has 2 aromatic carbocycles. The maximum atomic E-state index is 12.7. The van der Waals surface area contributed by atoms with Gasteiger partial charge in [0.1, 0.15) is 0 Å². The molecule has 1 fully saturated rings. The number of halogens is 3. The Morgan fingerprint density at radius 1 is 1.03 bits per heavy atom. The monoisotopic (exact) mass is 456 g/mol. The molecule has 4 rings (SSSR count). The normalized spacial score (nSPS) is 16.3. The Morgan fingerprint density at radius 2 is 1.78 bits per heavy atom. The molecule has 32 heavy (non-hydrogen) atoms. The Kier molecular flexibility index (Phi) is 6.19. The van der Waals surface area contributed by atoms with Gasteiger partial charge in [-0.05, 0) is 35.7 Å². The number of carbonyl (C=O) groups excluding carboxylic acids is 2. The summed E-state index contributed by atoms with van der Waals surface area (Å²) in [4.78, 5) is 36.2. The molecule has 1 N–H and O–H groups in total. The van der Waals surface area contributed by atoms with Crippen molar-refractivity contribution in [2.24, 2.45) is 0 Å². The molecule has 0 saturated carbocycles. The average molecular weight is 457 g/mol. The molecule has 1 saturated heterocycles. The summed E-state index contributed by atoms with van der Waals surface area (Å²) < 4.78 is 26.8. The van der Waals surface area contributed by atoms with Gasteiger partial charge < -0.3 is 0 Å². The lowest BCUT2D eigenvalue weighted by molar-refractivity contribution is -0.134. The molecule has 2 amide bonds. The summed E-state index contributed by atoms with van der Waals surface area (Å²) in [6.07, 6.45) is -1.02. The first-order valence-corrected chi connectivity index (χ1v) is 10.4. The lowest BCUT2D eigenvalue weighted by atomic mass is 9.88.